The van der Waals surface area contributed by atoms with E-state index in [2.05, 4.69) is 20.1 Å². The minimum Gasteiger partial charge on any atom is -0.382 e. The number of benzene rings is 1. The highest BCUT2D eigenvalue weighted by molar-refractivity contribution is 5.64. The topological polar surface area (TPSA) is 90.7 Å². The van der Waals surface area contributed by atoms with Crippen molar-refractivity contribution in [1.82, 2.24) is 20.1 Å². The van der Waals surface area contributed by atoms with Crippen LogP contribution in [0.1, 0.15) is 5.56 Å². The van der Waals surface area contributed by atoms with E-state index in [0.717, 1.165) is 5.56 Å². The van der Waals surface area contributed by atoms with E-state index in [-0.39, 0.29) is 23.4 Å². The lowest BCUT2D eigenvalue weighted by atomic mass is 10.1. The van der Waals surface area contributed by atoms with E-state index in [1.807, 2.05) is 0 Å². The fourth-order valence-corrected chi connectivity index (χ4v) is 1.82. The molecule has 3 rings (SSSR count). The Kier molecular flexibility index (Phi) is 2.86. The Morgan fingerprint density at radius 2 is 1.95 bits per heavy atom. The molecule has 0 spiro atoms. The Hall–Kier alpha value is -2.83. The molecule has 0 fully saturated rings. The molecule has 0 atom stereocenters. The number of nitrogens with zero attached hydrogens (tertiary/aromatic N) is 4. The molecule has 2 aromatic heterocycles. The number of aromatic nitrogens is 4. The molecule has 20 heavy (non-hydrogen) atoms. The number of halogens is 1. The molecule has 7 heteroatoms. The van der Waals surface area contributed by atoms with Crippen LogP contribution in [0, 0.1) is 12.7 Å². The molecule has 0 aliphatic heterocycles. The van der Waals surface area contributed by atoms with Gasteiger partial charge in [0, 0.05) is 18.0 Å². The van der Waals surface area contributed by atoms with Gasteiger partial charge in [-0.15, -0.1) is 0 Å². The van der Waals surface area contributed by atoms with Gasteiger partial charge in [-0.2, -0.15) is 4.98 Å². The van der Waals surface area contributed by atoms with Gasteiger partial charge in [0.25, 0.3) is 5.89 Å². The molecule has 6 nitrogen and oxygen atoms in total. The SMILES string of the molecule is Cc1cc(F)cc(-c2noc(-c3nccnc3N)n2)c1. The van der Waals surface area contributed by atoms with E-state index in [1.165, 1.54) is 24.5 Å². The average molecular weight is 271 g/mol. The van der Waals surface area contributed by atoms with Gasteiger partial charge in [0.15, 0.2) is 11.5 Å². The summed E-state index contributed by atoms with van der Waals surface area (Å²) in [5.41, 5.74) is 7.29. The van der Waals surface area contributed by atoms with Crippen molar-refractivity contribution in [1.29, 1.82) is 0 Å². The van der Waals surface area contributed by atoms with Crippen LogP contribution in [-0.2, 0) is 0 Å². The van der Waals surface area contributed by atoms with Gasteiger partial charge in [-0.05, 0) is 30.7 Å². The second-order valence-corrected chi connectivity index (χ2v) is 4.23. The molecule has 2 N–H and O–H groups in total. The van der Waals surface area contributed by atoms with Crippen molar-refractivity contribution >= 4 is 5.82 Å². The van der Waals surface area contributed by atoms with Crippen molar-refractivity contribution < 1.29 is 8.91 Å². The van der Waals surface area contributed by atoms with Gasteiger partial charge < -0.3 is 10.3 Å². The van der Waals surface area contributed by atoms with E-state index >= 15 is 0 Å². The van der Waals surface area contributed by atoms with Crippen LogP contribution >= 0.6 is 0 Å². The van der Waals surface area contributed by atoms with Gasteiger partial charge in [-0.25, -0.2) is 14.4 Å². The molecule has 0 aliphatic rings. The summed E-state index contributed by atoms with van der Waals surface area (Å²) < 4.78 is 18.5. The van der Waals surface area contributed by atoms with Gasteiger partial charge in [0.05, 0.1) is 0 Å². The number of aryl methyl sites for hydroxylation is 1. The number of hydrogen-bond acceptors (Lipinski definition) is 6. The second kappa shape index (κ2) is 4.69. The maximum atomic E-state index is 13.4. The summed E-state index contributed by atoms with van der Waals surface area (Å²) in [6, 6.07) is 4.52. The van der Waals surface area contributed by atoms with Crippen molar-refractivity contribution in [3.8, 4) is 23.0 Å². The Morgan fingerprint density at radius 1 is 1.15 bits per heavy atom. The van der Waals surface area contributed by atoms with Crippen LogP contribution in [-0.4, -0.2) is 20.1 Å². The zero-order valence-electron chi connectivity index (χ0n) is 10.5. The lowest BCUT2D eigenvalue weighted by molar-refractivity contribution is 0.431. The molecule has 3 aromatic rings. The minimum absolute atomic E-state index is 0.146. The summed E-state index contributed by atoms with van der Waals surface area (Å²) in [7, 11) is 0. The molecule has 2 heterocycles. The number of nitrogens with two attached hydrogens (primary N) is 1. The van der Waals surface area contributed by atoms with E-state index in [0.29, 0.717) is 11.3 Å². The van der Waals surface area contributed by atoms with Crippen LogP contribution in [0.4, 0.5) is 10.2 Å². The third-order valence-corrected chi connectivity index (χ3v) is 2.66. The van der Waals surface area contributed by atoms with Gasteiger partial charge in [-0.3, -0.25) is 0 Å². The van der Waals surface area contributed by atoms with E-state index < -0.39 is 0 Å². The van der Waals surface area contributed by atoms with Crippen molar-refractivity contribution in [2.75, 3.05) is 5.73 Å². The summed E-state index contributed by atoms with van der Waals surface area (Å²) >= 11 is 0. The number of rotatable bonds is 2. The Balaban J connectivity index is 2.04. The van der Waals surface area contributed by atoms with Gasteiger partial charge in [-0.1, -0.05) is 5.16 Å². The predicted molar refractivity (Wildman–Crippen MR) is 69.9 cm³/mol. The number of nitrogen functional groups attached to an aromatic ring is 1. The van der Waals surface area contributed by atoms with Gasteiger partial charge in [0.1, 0.15) is 5.82 Å². The lowest BCUT2D eigenvalue weighted by Gasteiger charge is -1.98. The van der Waals surface area contributed by atoms with Crippen LogP contribution in [0.15, 0.2) is 35.1 Å². The molecule has 0 amide bonds. The quantitative estimate of drug-likeness (QED) is 0.768. The van der Waals surface area contributed by atoms with Gasteiger partial charge >= 0.3 is 0 Å². The summed E-state index contributed by atoms with van der Waals surface area (Å²) in [6.45, 7) is 1.79. The van der Waals surface area contributed by atoms with Crippen LogP contribution in [0.3, 0.4) is 0 Å². The first-order valence-corrected chi connectivity index (χ1v) is 5.81. The zero-order chi connectivity index (χ0) is 14.1. The summed E-state index contributed by atoms with van der Waals surface area (Å²) in [6.07, 6.45) is 2.94. The molecular weight excluding hydrogens is 261 g/mol. The van der Waals surface area contributed by atoms with E-state index in [4.69, 9.17) is 10.3 Å². The molecule has 100 valence electrons. The van der Waals surface area contributed by atoms with Crippen LogP contribution < -0.4 is 5.73 Å². The minimum atomic E-state index is -0.356. The van der Waals surface area contributed by atoms with Crippen molar-refractivity contribution in [3.05, 3.63) is 42.0 Å². The fourth-order valence-electron chi connectivity index (χ4n) is 1.82. The molecule has 0 unspecified atom stereocenters. The largest absolute Gasteiger partial charge is 0.382 e. The first kappa shape index (κ1) is 12.2. The van der Waals surface area contributed by atoms with Crippen molar-refractivity contribution in [2.24, 2.45) is 0 Å². The molecule has 0 radical (unpaired) electrons. The Morgan fingerprint density at radius 3 is 2.70 bits per heavy atom. The Labute approximate surface area is 113 Å². The monoisotopic (exact) mass is 271 g/mol. The van der Waals surface area contributed by atoms with Crippen molar-refractivity contribution in [3.63, 3.8) is 0 Å². The summed E-state index contributed by atoms with van der Waals surface area (Å²) in [5, 5.41) is 3.81. The molecule has 0 saturated heterocycles. The molecular formula is C13H10FN5O. The highest BCUT2D eigenvalue weighted by Crippen LogP contribution is 2.24. The fraction of sp³-hybridized carbons (Fsp3) is 0.0769. The molecule has 1 aromatic carbocycles. The molecule has 0 bridgehead atoms. The van der Waals surface area contributed by atoms with Crippen LogP contribution in [0.5, 0.6) is 0 Å². The van der Waals surface area contributed by atoms with Gasteiger partial charge in [0.2, 0.25) is 5.82 Å². The second-order valence-electron chi connectivity index (χ2n) is 4.23. The summed E-state index contributed by atoms with van der Waals surface area (Å²) in [4.78, 5) is 12.1. The van der Waals surface area contributed by atoms with Crippen LogP contribution in [0.2, 0.25) is 0 Å². The maximum absolute atomic E-state index is 13.4. The maximum Gasteiger partial charge on any atom is 0.280 e. The highest BCUT2D eigenvalue weighted by Gasteiger charge is 2.15. The normalized spacial score (nSPS) is 10.7. The Bertz CT molecular complexity index is 751. The highest BCUT2D eigenvalue weighted by atomic mass is 19.1. The third kappa shape index (κ3) is 2.20. The van der Waals surface area contributed by atoms with Crippen molar-refractivity contribution in [2.45, 2.75) is 6.92 Å². The number of hydrogen-bond donors (Lipinski definition) is 1. The standard InChI is InChI=1S/C13H10FN5O/c1-7-4-8(6-9(14)5-7)12-18-13(20-19-12)10-11(15)17-3-2-16-10/h2-6H,1H3,(H2,15,17). The first-order chi connectivity index (χ1) is 9.63. The molecule has 0 aliphatic carbocycles. The third-order valence-electron chi connectivity index (χ3n) is 2.66. The number of anilines is 1. The smallest absolute Gasteiger partial charge is 0.280 e. The lowest BCUT2D eigenvalue weighted by Crippen LogP contribution is -1.96. The zero-order valence-corrected chi connectivity index (χ0v) is 10.5. The van der Waals surface area contributed by atoms with E-state index in [9.17, 15) is 4.39 Å². The van der Waals surface area contributed by atoms with E-state index in [1.54, 1.807) is 13.0 Å². The first-order valence-electron chi connectivity index (χ1n) is 5.81. The average Bonchev–Trinajstić information content (AvgIpc) is 2.87. The summed E-state index contributed by atoms with van der Waals surface area (Å²) in [5.74, 6) is 0.253. The van der Waals surface area contributed by atoms with Crippen LogP contribution in [0.25, 0.3) is 23.0 Å². The predicted octanol–water partition coefficient (Wildman–Crippen LogP) is 2.22. The molecule has 0 saturated carbocycles.